The van der Waals surface area contributed by atoms with E-state index < -0.39 is 5.97 Å². The van der Waals surface area contributed by atoms with Crippen molar-refractivity contribution >= 4 is 11.7 Å². The van der Waals surface area contributed by atoms with E-state index in [0.717, 1.165) is 24.3 Å². The number of ether oxygens (including phenoxy) is 2. The van der Waals surface area contributed by atoms with E-state index in [-0.39, 0.29) is 29.5 Å². The smallest absolute Gasteiger partial charge is 0.358 e. The van der Waals surface area contributed by atoms with E-state index in [2.05, 4.69) is 26.3 Å². The molecule has 11 nitrogen and oxygen atoms in total. The third-order valence-electron chi connectivity index (χ3n) is 6.07. The van der Waals surface area contributed by atoms with Gasteiger partial charge in [-0.3, -0.25) is 0 Å². The largest absolute Gasteiger partial charge is 0.476 e. The molecule has 11 heteroatoms. The number of nitriles is 1. The van der Waals surface area contributed by atoms with Gasteiger partial charge in [0.2, 0.25) is 5.88 Å². The molecule has 1 N–H and O–H groups in total. The lowest BCUT2D eigenvalue weighted by atomic mass is 9.97. The third kappa shape index (κ3) is 4.87. The zero-order chi connectivity index (χ0) is 25.9. The minimum atomic E-state index is -1.21. The molecule has 0 spiro atoms. The predicted octanol–water partition coefficient (Wildman–Crippen LogP) is 3.99. The first kappa shape index (κ1) is 24.0. The molecule has 0 amide bonds. The summed E-state index contributed by atoms with van der Waals surface area (Å²) < 4.78 is 21.7. The van der Waals surface area contributed by atoms with E-state index in [9.17, 15) is 10.1 Å². The Morgan fingerprint density at radius 2 is 1.89 bits per heavy atom. The van der Waals surface area contributed by atoms with Crippen molar-refractivity contribution in [3.63, 3.8) is 0 Å². The van der Waals surface area contributed by atoms with E-state index in [1.54, 1.807) is 13.8 Å². The van der Waals surface area contributed by atoms with Crippen molar-refractivity contribution in [2.75, 3.05) is 31.2 Å². The highest BCUT2D eigenvalue weighted by Gasteiger charge is 2.23. The molecule has 1 aliphatic rings. The highest BCUT2D eigenvalue weighted by atomic mass is 16.5. The molecule has 3 aromatic heterocycles. The van der Waals surface area contributed by atoms with Crippen LogP contribution in [0.5, 0.6) is 5.88 Å². The molecule has 5 rings (SSSR count). The molecule has 4 aromatic rings. The lowest BCUT2D eigenvalue weighted by Crippen LogP contribution is -2.36. The zero-order valence-electron chi connectivity index (χ0n) is 20.2. The minimum absolute atomic E-state index is 0.0699. The van der Waals surface area contributed by atoms with Gasteiger partial charge in [-0.05, 0) is 32.0 Å². The minimum Gasteiger partial charge on any atom is -0.476 e. The third-order valence-corrected chi connectivity index (χ3v) is 6.07. The first-order valence-corrected chi connectivity index (χ1v) is 11.6. The zero-order valence-corrected chi connectivity index (χ0v) is 20.2. The summed E-state index contributed by atoms with van der Waals surface area (Å²) in [6.07, 6.45) is 0. The molecular formula is C26H23N5O6. The highest BCUT2D eigenvalue weighted by molar-refractivity contribution is 5.85. The first-order chi connectivity index (χ1) is 17.9. The maximum atomic E-state index is 11.1. The summed E-state index contributed by atoms with van der Waals surface area (Å²) in [4.78, 5) is 18.0. The van der Waals surface area contributed by atoms with Gasteiger partial charge in [-0.2, -0.15) is 5.26 Å². The number of hydrogen-bond donors (Lipinski definition) is 1. The molecule has 1 aromatic carbocycles. The maximum absolute atomic E-state index is 11.1. The Labute approximate surface area is 211 Å². The van der Waals surface area contributed by atoms with E-state index in [4.69, 9.17) is 23.6 Å². The van der Waals surface area contributed by atoms with E-state index in [0.29, 0.717) is 41.5 Å². The monoisotopic (exact) mass is 501 g/mol. The SMILES string of the molecule is Cc1noc(C)c1-c1cc(-c2ccc(N3CCOCC3)cc2)nc(OCc2cc(C(=O)O)no2)c1C#N. The number of benzene rings is 1. The molecule has 188 valence electrons. The van der Waals surface area contributed by atoms with Crippen LogP contribution < -0.4 is 9.64 Å². The lowest BCUT2D eigenvalue weighted by molar-refractivity contribution is 0.0685. The maximum Gasteiger partial charge on any atom is 0.358 e. The Morgan fingerprint density at radius 1 is 1.14 bits per heavy atom. The molecule has 0 radical (unpaired) electrons. The number of carboxylic acid groups (broad SMARTS) is 1. The number of aromatic nitrogens is 3. The van der Waals surface area contributed by atoms with Crippen LogP contribution in [0.25, 0.3) is 22.4 Å². The summed E-state index contributed by atoms with van der Waals surface area (Å²) in [7, 11) is 0. The van der Waals surface area contributed by atoms with Gasteiger partial charge in [0.05, 0.1) is 24.6 Å². The number of morpholine rings is 1. The summed E-state index contributed by atoms with van der Waals surface area (Å²) >= 11 is 0. The standard InChI is InChI=1S/C26H23N5O6/c1-15-24(16(2)36-29-15)20-12-22(17-3-5-18(6-4-17)31-7-9-34-10-8-31)28-25(21(20)13-27)35-14-19-11-23(26(32)33)30-37-19/h3-6,11-12H,7-10,14H2,1-2H3,(H,32,33). The van der Waals surface area contributed by atoms with Crippen molar-refractivity contribution in [1.82, 2.24) is 15.3 Å². The summed E-state index contributed by atoms with van der Waals surface area (Å²) in [5.74, 6) is -0.405. The highest BCUT2D eigenvalue weighted by Crippen LogP contribution is 2.37. The Morgan fingerprint density at radius 3 is 2.51 bits per heavy atom. The number of nitrogens with zero attached hydrogens (tertiary/aromatic N) is 5. The number of rotatable bonds is 7. The molecular weight excluding hydrogens is 478 g/mol. The second-order valence-corrected chi connectivity index (χ2v) is 8.46. The van der Waals surface area contributed by atoms with E-state index >= 15 is 0 Å². The molecule has 0 aliphatic carbocycles. The second kappa shape index (κ2) is 10.1. The van der Waals surface area contributed by atoms with Crippen LogP contribution in [0.15, 0.2) is 45.4 Å². The lowest BCUT2D eigenvalue weighted by Gasteiger charge is -2.28. The number of aromatic carboxylic acids is 1. The van der Waals surface area contributed by atoms with Crippen LogP contribution in [0.1, 0.15) is 33.3 Å². The summed E-state index contributed by atoms with van der Waals surface area (Å²) in [6, 6.07) is 13.3. The Hall–Kier alpha value is -4.69. The Kier molecular flexibility index (Phi) is 6.57. The van der Waals surface area contributed by atoms with Gasteiger partial charge in [-0.15, -0.1) is 0 Å². The predicted molar refractivity (Wildman–Crippen MR) is 130 cm³/mol. The fourth-order valence-electron chi connectivity index (χ4n) is 4.23. The molecule has 0 atom stereocenters. The van der Waals surface area contributed by atoms with Crippen LogP contribution in [-0.4, -0.2) is 52.7 Å². The second-order valence-electron chi connectivity index (χ2n) is 8.46. The molecule has 0 saturated carbocycles. The topological polar surface area (TPSA) is 148 Å². The van der Waals surface area contributed by atoms with Gasteiger partial charge in [0.25, 0.3) is 0 Å². The average molecular weight is 501 g/mol. The summed E-state index contributed by atoms with van der Waals surface area (Å²) in [6.45, 7) is 6.45. The fourth-order valence-corrected chi connectivity index (χ4v) is 4.23. The normalized spacial score (nSPS) is 13.4. The number of carbonyl (C=O) groups is 1. The van der Waals surface area contributed by atoms with Crippen molar-refractivity contribution in [2.24, 2.45) is 0 Å². The van der Waals surface area contributed by atoms with Crippen molar-refractivity contribution in [1.29, 1.82) is 5.26 Å². The van der Waals surface area contributed by atoms with Crippen molar-refractivity contribution in [3.8, 4) is 34.3 Å². The molecule has 37 heavy (non-hydrogen) atoms. The molecule has 1 saturated heterocycles. The molecule has 1 aliphatic heterocycles. The summed E-state index contributed by atoms with van der Waals surface area (Å²) in [5.41, 5.74) is 4.33. The summed E-state index contributed by atoms with van der Waals surface area (Å²) in [5, 5.41) is 26.7. The number of anilines is 1. The van der Waals surface area contributed by atoms with Crippen LogP contribution in [0.2, 0.25) is 0 Å². The van der Waals surface area contributed by atoms with Crippen LogP contribution in [-0.2, 0) is 11.3 Å². The number of aryl methyl sites for hydroxylation is 2. The van der Waals surface area contributed by atoms with Crippen LogP contribution in [0.4, 0.5) is 5.69 Å². The average Bonchev–Trinajstić information content (AvgIpc) is 3.53. The van der Waals surface area contributed by atoms with Gasteiger partial charge >= 0.3 is 5.97 Å². The number of pyridine rings is 1. The number of carboxylic acids is 1. The van der Waals surface area contributed by atoms with Gasteiger partial charge in [0.15, 0.2) is 18.1 Å². The molecule has 0 bridgehead atoms. The quantitative estimate of drug-likeness (QED) is 0.392. The van der Waals surface area contributed by atoms with Crippen LogP contribution in [0.3, 0.4) is 0 Å². The Bertz CT molecular complexity index is 1460. The van der Waals surface area contributed by atoms with Gasteiger partial charge < -0.3 is 28.5 Å². The van der Waals surface area contributed by atoms with Crippen molar-refractivity contribution < 1.29 is 28.4 Å². The van der Waals surface area contributed by atoms with Gasteiger partial charge in [-0.25, -0.2) is 9.78 Å². The Balaban J connectivity index is 1.54. The van der Waals surface area contributed by atoms with Crippen molar-refractivity contribution in [3.05, 3.63) is 64.9 Å². The van der Waals surface area contributed by atoms with Crippen molar-refractivity contribution in [2.45, 2.75) is 20.5 Å². The molecule has 1 fully saturated rings. The van der Waals surface area contributed by atoms with Crippen LogP contribution >= 0.6 is 0 Å². The molecule has 0 unspecified atom stereocenters. The van der Waals surface area contributed by atoms with Crippen LogP contribution in [0, 0.1) is 25.2 Å². The van der Waals surface area contributed by atoms with E-state index in [1.807, 2.05) is 30.3 Å². The fraction of sp³-hybridized carbons (Fsp3) is 0.269. The van der Waals surface area contributed by atoms with Gasteiger partial charge in [-0.1, -0.05) is 22.4 Å². The van der Waals surface area contributed by atoms with Gasteiger partial charge in [0.1, 0.15) is 17.4 Å². The van der Waals surface area contributed by atoms with E-state index in [1.165, 1.54) is 6.07 Å². The first-order valence-electron chi connectivity index (χ1n) is 11.6. The molecule has 4 heterocycles. The van der Waals surface area contributed by atoms with Gasteiger partial charge in [0, 0.05) is 41.5 Å². The number of hydrogen-bond acceptors (Lipinski definition) is 10.